The van der Waals surface area contributed by atoms with Gasteiger partial charge in [0.25, 0.3) is 0 Å². The number of hydrogen-bond donors (Lipinski definition) is 0. The highest BCUT2D eigenvalue weighted by Crippen LogP contribution is 2.48. The van der Waals surface area contributed by atoms with Crippen molar-refractivity contribution < 1.29 is 0 Å². The molecule has 110 valence electrons. The Kier molecular flexibility index (Phi) is 7.36. The van der Waals surface area contributed by atoms with Crippen LogP contribution in [0.4, 0.5) is 0 Å². The minimum atomic E-state index is 0.242. The third-order valence-electron chi connectivity index (χ3n) is 4.69. The van der Waals surface area contributed by atoms with E-state index in [-0.39, 0.29) is 5.41 Å². The van der Waals surface area contributed by atoms with Gasteiger partial charge in [-0.2, -0.15) is 0 Å². The van der Waals surface area contributed by atoms with Crippen LogP contribution < -0.4 is 0 Å². The average molecular weight is 270 g/mol. The fraction of sp³-hybridized carbons (Fsp3) is 0.500. The van der Waals surface area contributed by atoms with Gasteiger partial charge >= 0.3 is 0 Å². The second kappa shape index (κ2) is 8.79. The third-order valence-corrected chi connectivity index (χ3v) is 4.69. The molecule has 0 bridgehead atoms. The number of rotatable bonds is 8. The molecule has 20 heavy (non-hydrogen) atoms. The summed E-state index contributed by atoms with van der Waals surface area (Å²) in [5.74, 6) is 0.525. The summed E-state index contributed by atoms with van der Waals surface area (Å²) >= 11 is 0. The van der Waals surface area contributed by atoms with Gasteiger partial charge < -0.3 is 0 Å². The van der Waals surface area contributed by atoms with Gasteiger partial charge in [0.15, 0.2) is 0 Å². The van der Waals surface area contributed by atoms with Gasteiger partial charge in [0.1, 0.15) is 0 Å². The Morgan fingerprint density at radius 3 is 2.40 bits per heavy atom. The Balaban J connectivity index is 2.68. The van der Waals surface area contributed by atoms with Crippen LogP contribution in [-0.2, 0) is 0 Å². The average Bonchev–Trinajstić information content (AvgIpc) is 2.50. The van der Waals surface area contributed by atoms with Crippen LogP contribution in [0.5, 0.6) is 0 Å². The van der Waals surface area contributed by atoms with Gasteiger partial charge in [0.05, 0.1) is 0 Å². The first-order valence-electron chi connectivity index (χ1n) is 7.93. The predicted octanol–water partition coefficient (Wildman–Crippen LogP) is 6.39. The maximum atomic E-state index is 4.28. The lowest BCUT2D eigenvalue weighted by Gasteiger charge is -2.42. The van der Waals surface area contributed by atoms with Crippen molar-refractivity contribution in [2.75, 3.05) is 0 Å². The molecule has 1 fully saturated rings. The van der Waals surface area contributed by atoms with Crippen molar-refractivity contribution in [3.05, 3.63) is 61.8 Å². The molecule has 0 aliphatic heterocycles. The van der Waals surface area contributed by atoms with Crippen LogP contribution in [0.15, 0.2) is 61.8 Å². The summed E-state index contributed by atoms with van der Waals surface area (Å²) in [6.45, 7) is 14.3. The summed E-state index contributed by atoms with van der Waals surface area (Å²) in [6.07, 6.45) is 21.5. The van der Waals surface area contributed by atoms with Crippen molar-refractivity contribution in [3.8, 4) is 0 Å². The number of allylic oxidation sites excluding steroid dienone is 7. The van der Waals surface area contributed by atoms with Gasteiger partial charge in [0, 0.05) is 5.41 Å². The zero-order chi connectivity index (χ0) is 14.8. The predicted molar refractivity (Wildman–Crippen MR) is 91.7 cm³/mol. The minimum Gasteiger partial charge on any atom is -0.103 e. The Bertz CT molecular complexity index is 375. The first-order valence-corrected chi connectivity index (χ1v) is 7.93. The van der Waals surface area contributed by atoms with E-state index in [1.165, 1.54) is 37.7 Å². The molecule has 1 aliphatic carbocycles. The van der Waals surface area contributed by atoms with Crippen LogP contribution in [0.3, 0.4) is 0 Å². The molecule has 1 rings (SSSR count). The van der Waals surface area contributed by atoms with Crippen LogP contribution in [0, 0.1) is 11.3 Å². The molecule has 0 saturated heterocycles. The second-order valence-electron chi connectivity index (χ2n) is 5.91. The Morgan fingerprint density at radius 1 is 1.10 bits per heavy atom. The van der Waals surface area contributed by atoms with Crippen molar-refractivity contribution in [2.24, 2.45) is 11.3 Å². The maximum Gasteiger partial charge on any atom is 0.000710 e. The molecular formula is C20H30. The summed E-state index contributed by atoms with van der Waals surface area (Å²) in [5, 5.41) is 0. The van der Waals surface area contributed by atoms with Crippen LogP contribution in [0.1, 0.15) is 51.9 Å². The van der Waals surface area contributed by atoms with Crippen molar-refractivity contribution in [2.45, 2.75) is 51.9 Å². The third kappa shape index (κ3) is 4.37. The van der Waals surface area contributed by atoms with Crippen LogP contribution >= 0.6 is 0 Å². The van der Waals surface area contributed by atoms with Gasteiger partial charge in [-0.25, -0.2) is 0 Å². The van der Waals surface area contributed by atoms with Crippen molar-refractivity contribution in [1.29, 1.82) is 0 Å². The van der Waals surface area contributed by atoms with E-state index in [0.29, 0.717) is 5.92 Å². The normalized spacial score (nSPS) is 20.1. The molecule has 0 amide bonds. The summed E-state index contributed by atoms with van der Waals surface area (Å²) in [6, 6.07) is 0. The molecule has 0 aromatic carbocycles. The van der Waals surface area contributed by atoms with Crippen LogP contribution in [0.25, 0.3) is 0 Å². The van der Waals surface area contributed by atoms with Crippen molar-refractivity contribution in [1.82, 2.24) is 0 Å². The van der Waals surface area contributed by atoms with Crippen molar-refractivity contribution in [3.63, 3.8) is 0 Å². The first kappa shape index (κ1) is 16.8. The van der Waals surface area contributed by atoms with E-state index in [9.17, 15) is 0 Å². The molecule has 0 N–H and O–H groups in total. The van der Waals surface area contributed by atoms with E-state index in [1.54, 1.807) is 0 Å². The van der Waals surface area contributed by atoms with E-state index in [1.807, 2.05) is 12.2 Å². The highest BCUT2D eigenvalue weighted by Gasteiger charge is 2.37. The molecule has 1 aliphatic rings. The number of hydrogen-bond acceptors (Lipinski definition) is 0. The summed E-state index contributed by atoms with van der Waals surface area (Å²) < 4.78 is 0. The fourth-order valence-electron chi connectivity index (χ4n) is 3.26. The topological polar surface area (TPSA) is 0 Å². The lowest BCUT2D eigenvalue weighted by Crippen LogP contribution is -2.31. The standard InChI is InChI=1S/C20H30/c1-5-7-8-9-10-12-15-19(4)20(18(3)6-2)16-13-11-14-17-20/h5-6,9-10,12,15,19H,1-3,7-8,11,13-14,16-17H2,4H3/b10-9-,15-12-. The molecular weight excluding hydrogens is 240 g/mol. The van der Waals surface area contributed by atoms with Gasteiger partial charge in [-0.05, 0) is 37.2 Å². The smallest absolute Gasteiger partial charge is 0.000710 e. The second-order valence-corrected chi connectivity index (χ2v) is 5.91. The molecule has 0 aromatic heterocycles. The molecule has 0 aromatic rings. The maximum absolute atomic E-state index is 4.28. The largest absolute Gasteiger partial charge is 0.103 e. The molecule has 0 radical (unpaired) electrons. The highest BCUT2D eigenvalue weighted by molar-refractivity contribution is 5.26. The number of unbranched alkanes of at least 4 members (excludes halogenated alkanes) is 1. The van der Waals surface area contributed by atoms with Gasteiger partial charge in [-0.15, -0.1) is 6.58 Å². The Morgan fingerprint density at radius 2 is 1.80 bits per heavy atom. The van der Waals surface area contributed by atoms with E-state index in [2.05, 4.69) is 51.0 Å². The molecule has 0 heteroatoms. The van der Waals surface area contributed by atoms with Gasteiger partial charge in [-0.3, -0.25) is 0 Å². The van der Waals surface area contributed by atoms with E-state index < -0.39 is 0 Å². The molecule has 1 saturated carbocycles. The van der Waals surface area contributed by atoms with Crippen molar-refractivity contribution >= 4 is 0 Å². The quantitative estimate of drug-likeness (QED) is 0.272. The summed E-state index contributed by atoms with van der Waals surface area (Å²) in [7, 11) is 0. The lowest BCUT2D eigenvalue weighted by atomic mass is 9.62. The Labute approximate surface area is 125 Å². The zero-order valence-corrected chi connectivity index (χ0v) is 13.1. The van der Waals surface area contributed by atoms with Crippen LogP contribution in [0.2, 0.25) is 0 Å². The monoisotopic (exact) mass is 270 g/mol. The molecule has 1 atom stereocenters. The first-order chi connectivity index (χ1) is 9.67. The summed E-state index contributed by atoms with van der Waals surface area (Å²) in [5.41, 5.74) is 1.47. The highest BCUT2D eigenvalue weighted by atomic mass is 14.4. The molecule has 0 heterocycles. The Hall–Kier alpha value is -1.30. The minimum absolute atomic E-state index is 0.242. The molecule has 0 nitrogen and oxygen atoms in total. The molecule has 1 unspecified atom stereocenters. The van der Waals surface area contributed by atoms with E-state index in [0.717, 1.165) is 12.8 Å². The fourth-order valence-corrected chi connectivity index (χ4v) is 3.26. The lowest BCUT2D eigenvalue weighted by molar-refractivity contribution is 0.188. The van der Waals surface area contributed by atoms with E-state index >= 15 is 0 Å². The van der Waals surface area contributed by atoms with Gasteiger partial charge in [0.2, 0.25) is 0 Å². The van der Waals surface area contributed by atoms with Gasteiger partial charge in [-0.1, -0.05) is 75.8 Å². The zero-order valence-electron chi connectivity index (χ0n) is 13.1. The van der Waals surface area contributed by atoms with Crippen LogP contribution in [-0.4, -0.2) is 0 Å². The SMILES string of the molecule is C=CCC/C=C\C=C/C(C)C1(C(=C)C=C)CCCCC1. The molecule has 0 spiro atoms. The summed E-state index contributed by atoms with van der Waals surface area (Å²) in [4.78, 5) is 0. The van der Waals surface area contributed by atoms with E-state index in [4.69, 9.17) is 0 Å².